The molecule has 11 nitrogen and oxygen atoms in total. The van der Waals surface area contributed by atoms with Gasteiger partial charge in [0.2, 0.25) is 0 Å². The summed E-state index contributed by atoms with van der Waals surface area (Å²) in [5.74, 6) is -2.43. The molecule has 316 valence electrons. The number of ether oxygens (including phenoxy) is 2. The lowest BCUT2D eigenvalue weighted by Gasteiger charge is -2.20. The Balaban J connectivity index is 4.43. The second-order valence-electron chi connectivity index (χ2n) is 14.5. The first kappa shape index (κ1) is 52.0. The van der Waals surface area contributed by atoms with Gasteiger partial charge in [-0.05, 0) is 38.5 Å². The zero-order valence-corrected chi connectivity index (χ0v) is 35.0. The van der Waals surface area contributed by atoms with Crippen LogP contribution in [0, 0.1) is 0 Å². The molecule has 0 aliphatic carbocycles. The molecule has 0 saturated carbocycles. The topological polar surface area (TPSA) is 172 Å². The number of phosphoric acid groups is 1. The van der Waals surface area contributed by atoms with E-state index in [4.69, 9.17) is 24.8 Å². The molecule has 4 N–H and O–H groups in total. The first-order valence-corrected chi connectivity index (χ1v) is 22.9. The smallest absolute Gasteiger partial charge is 0.472 e. The zero-order chi connectivity index (χ0) is 40.0. The fourth-order valence-corrected chi connectivity index (χ4v) is 6.59. The summed E-state index contributed by atoms with van der Waals surface area (Å²) < 4.78 is 32.6. The lowest BCUT2D eigenvalue weighted by Crippen LogP contribution is -2.34. The Morgan fingerprint density at radius 2 is 1.00 bits per heavy atom. The van der Waals surface area contributed by atoms with Gasteiger partial charge in [-0.25, -0.2) is 4.57 Å². The van der Waals surface area contributed by atoms with Gasteiger partial charge in [-0.2, -0.15) is 0 Å². The van der Waals surface area contributed by atoms with Gasteiger partial charge < -0.3 is 25.2 Å². The van der Waals surface area contributed by atoms with Crippen LogP contribution in [0.25, 0.3) is 0 Å². The van der Waals surface area contributed by atoms with E-state index in [1.807, 2.05) is 6.08 Å². The molecule has 0 aromatic rings. The molecule has 0 aromatic carbocycles. The SMILES string of the molecule is CCCCCCCCCCC/C=C/C/C=C/CCCC(=O)O[C@H](COC(=O)CCCCCCCCCCCCCCC)COP(=O)(O)OC[C@H](N)C(=O)O. The van der Waals surface area contributed by atoms with Crippen LogP contribution < -0.4 is 5.73 Å². The highest BCUT2D eigenvalue weighted by Gasteiger charge is 2.28. The first-order chi connectivity index (χ1) is 26.1. The number of unbranched alkanes of at least 4 members (excludes halogenated alkanes) is 22. The average Bonchev–Trinajstić information content (AvgIpc) is 3.14. The van der Waals surface area contributed by atoms with Gasteiger partial charge in [-0.15, -0.1) is 0 Å². The lowest BCUT2D eigenvalue weighted by atomic mass is 10.0. The monoisotopic (exact) mass is 788 g/mol. The summed E-state index contributed by atoms with van der Waals surface area (Å²) >= 11 is 0. The third kappa shape index (κ3) is 36.9. The summed E-state index contributed by atoms with van der Waals surface area (Å²) in [6.07, 6.45) is 38.2. The predicted octanol–water partition coefficient (Wildman–Crippen LogP) is 11.1. The van der Waals surface area contributed by atoms with Gasteiger partial charge in [0.15, 0.2) is 6.10 Å². The van der Waals surface area contributed by atoms with Crippen molar-refractivity contribution in [1.29, 1.82) is 0 Å². The Kier molecular flexibility index (Phi) is 36.4. The van der Waals surface area contributed by atoms with E-state index >= 15 is 0 Å². The standard InChI is InChI=1S/C42H78NO10P/c1-3-5-7-9-11-13-15-17-18-19-20-22-24-26-28-30-32-34-41(45)53-38(36-51-54(48,49)52-37-39(43)42(46)47)35-50-40(44)33-31-29-27-25-23-21-16-14-12-10-8-6-4-2/h20,22,26,28,38-39H,3-19,21,23-25,27,29-37,43H2,1-2H3,(H,46,47)(H,48,49)/b22-20+,28-26+/t38-,39+/m1/s1. The van der Waals surface area contributed by atoms with Crippen molar-refractivity contribution in [3.05, 3.63) is 24.3 Å². The maximum Gasteiger partial charge on any atom is 0.472 e. The van der Waals surface area contributed by atoms with Gasteiger partial charge in [0.1, 0.15) is 12.6 Å². The maximum atomic E-state index is 12.6. The van der Waals surface area contributed by atoms with Crippen LogP contribution >= 0.6 is 7.82 Å². The molecule has 0 radical (unpaired) electrons. The molecular weight excluding hydrogens is 709 g/mol. The van der Waals surface area contributed by atoms with E-state index in [9.17, 15) is 23.8 Å². The molecule has 0 amide bonds. The molecule has 0 spiro atoms. The minimum Gasteiger partial charge on any atom is -0.480 e. The number of aliphatic carboxylic acids is 1. The number of rotatable bonds is 40. The van der Waals surface area contributed by atoms with Crippen LogP contribution in [0.2, 0.25) is 0 Å². The number of hydrogen-bond donors (Lipinski definition) is 3. The number of allylic oxidation sites excluding steroid dienone is 4. The first-order valence-electron chi connectivity index (χ1n) is 21.4. The highest BCUT2D eigenvalue weighted by atomic mass is 31.2. The van der Waals surface area contributed by atoms with E-state index in [-0.39, 0.29) is 19.4 Å². The number of carboxylic acids is 1. The fraction of sp³-hybridized carbons (Fsp3) is 0.833. The molecule has 1 unspecified atom stereocenters. The van der Waals surface area contributed by atoms with Gasteiger partial charge in [0.05, 0.1) is 13.2 Å². The largest absolute Gasteiger partial charge is 0.480 e. The average molecular weight is 788 g/mol. The van der Waals surface area contributed by atoms with Crippen molar-refractivity contribution in [3.63, 3.8) is 0 Å². The van der Waals surface area contributed by atoms with Crippen LogP contribution in [-0.4, -0.2) is 59.9 Å². The van der Waals surface area contributed by atoms with Gasteiger partial charge in [0, 0.05) is 12.8 Å². The van der Waals surface area contributed by atoms with Crippen LogP contribution in [0.1, 0.15) is 194 Å². The Hall–Kier alpha value is -2.04. The van der Waals surface area contributed by atoms with Crippen molar-refractivity contribution in [2.45, 2.75) is 206 Å². The number of esters is 2. The van der Waals surface area contributed by atoms with Gasteiger partial charge in [-0.3, -0.25) is 23.4 Å². The molecule has 12 heteroatoms. The van der Waals surface area contributed by atoms with Crippen LogP contribution in [0.15, 0.2) is 24.3 Å². The summed E-state index contributed by atoms with van der Waals surface area (Å²) in [5, 5.41) is 8.87. The quantitative estimate of drug-likeness (QED) is 0.0233. The minimum atomic E-state index is -4.72. The van der Waals surface area contributed by atoms with Crippen LogP contribution in [0.5, 0.6) is 0 Å². The summed E-state index contributed by atoms with van der Waals surface area (Å²) in [5.41, 5.74) is 5.32. The van der Waals surface area contributed by atoms with E-state index in [2.05, 4.69) is 36.6 Å². The molecule has 0 aliphatic rings. The van der Waals surface area contributed by atoms with E-state index in [1.165, 1.54) is 116 Å². The van der Waals surface area contributed by atoms with Crippen molar-refractivity contribution >= 4 is 25.7 Å². The number of carbonyl (C=O) groups is 3. The van der Waals surface area contributed by atoms with Crippen molar-refractivity contribution in [2.75, 3.05) is 19.8 Å². The van der Waals surface area contributed by atoms with E-state index in [0.29, 0.717) is 19.3 Å². The number of carbonyl (C=O) groups excluding carboxylic acids is 2. The maximum absolute atomic E-state index is 12.6. The number of phosphoric ester groups is 1. The molecular formula is C42H78NO10P. The summed E-state index contributed by atoms with van der Waals surface area (Å²) in [6, 6.07) is -1.52. The van der Waals surface area contributed by atoms with Crippen LogP contribution in [-0.2, 0) is 37.5 Å². The van der Waals surface area contributed by atoms with Crippen molar-refractivity contribution in [1.82, 2.24) is 0 Å². The molecule has 54 heavy (non-hydrogen) atoms. The van der Waals surface area contributed by atoms with Crippen molar-refractivity contribution in [3.8, 4) is 0 Å². The fourth-order valence-electron chi connectivity index (χ4n) is 5.81. The molecule has 3 atom stereocenters. The third-order valence-electron chi connectivity index (χ3n) is 9.20. The number of carboxylic acid groups (broad SMARTS) is 1. The van der Waals surface area contributed by atoms with Crippen LogP contribution in [0.4, 0.5) is 0 Å². The molecule has 0 rings (SSSR count). The number of nitrogens with two attached hydrogens (primary N) is 1. The normalized spacial score (nSPS) is 14.0. The molecule has 0 heterocycles. The Morgan fingerprint density at radius 1 is 0.574 bits per heavy atom. The third-order valence-corrected chi connectivity index (χ3v) is 10.2. The van der Waals surface area contributed by atoms with E-state index in [1.54, 1.807) is 0 Å². The Bertz CT molecular complexity index is 1020. The van der Waals surface area contributed by atoms with E-state index in [0.717, 1.165) is 32.1 Å². The summed E-state index contributed by atoms with van der Waals surface area (Å²) in [4.78, 5) is 45.8. The second kappa shape index (κ2) is 37.9. The highest BCUT2D eigenvalue weighted by molar-refractivity contribution is 7.47. The summed E-state index contributed by atoms with van der Waals surface area (Å²) in [6.45, 7) is 2.77. The predicted molar refractivity (Wildman–Crippen MR) is 217 cm³/mol. The molecule has 0 bridgehead atoms. The summed E-state index contributed by atoms with van der Waals surface area (Å²) in [7, 11) is -4.72. The Labute approximate surface area is 328 Å². The van der Waals surface area contributed by atoms with E-state index < -0.39 is 51.1 Å². The van der Waals surface area contributed by atoms with Crippen molar-refractivity contribution < 1.29 is 47.5 Å². The number of hydrogen-bond acceptors (Lipinski definition) is 9. The highest BCUT2D eigenvalue weighted by Crippen LogP contribution is 2.43. The molecule has 0 fully saturated rings. The van der Waals surface area contributed by atoms with Crippen molar-refractivity contribution in [2.24, 2.45) is 5.73 Å². The molecule has 0 aromatic heterocycles. The minimum absolute atomic E-state index is 0.100. The Morgan fingerprint density at radius 3 is 1.50 bits per heavy atom. The van der Waals surface area contributed by atoms with Gasteiger partial charge in [0.25, 0.3) is 0 Å². The van der Waals surface area contributed by atoms with Gasteiger partial charge >= 0.3 is 25.7 Å². The van der Waals surface area contributed by atoms with Gasteiger partial charge in [-0.1, -0.05) is 167 Å². The molecule has 0 aliphatic heterocycles. The lowest BCUT2D eigenvalue weighted by molar-refractivity contribution is -0.161. The van der Waals surface area contributed by atoms with Crippen LogP contribution in [0.3, 0.4) is 0 Å². The second-order valence-corrected chi connectivity index (χ2v) is 15.9. The molecule has 0 saturated heterocycles. The zero-order valence-electron chi connectivity index (χ0n) is 34.1.